The van der Waals surface area contributed by atoms with E-state index >= 15 is 0 Å². The van der Waals surface area contributed by atoms with Crippen LogP contribution in [0, 0.1) is 5.95 Å². The zero-order valence-corrected chi connectivity index (χ0v) is 14.8. The summed E-state index contributed by atoms with van der Waals surface area (Å²) < 4.78 is 26.5. The highest BCUT2D eigenvalue weighted by Gasteiger charge is 2.54. The SMILES string of the molecule is NC1=NC2(CS1)c1cc(-c3cccnc3F)ccc1O[C@H]1CCCO[C@@H]12. The van der Waals surface area contributed by atoms with Gasteiger partial charge in [0.15, 0.2) is 5.17 Å². The topological polar surface area (TPSA) is 69.7 Å². The van der Waals surface area contributed by atoms with E-state index < -0.39 is 11.5 Å². The Kier molecular flexibility index (Phi) is 3.68. The van der Waals surface area contributed by atoms with Crippen molar-refractivity contribution in [1.29, 1.82) is 0 Å². The van der Waals surface area contributed by atoms with Crippen LogP contribution in [0.15, 0.2) is 41.5 Å². The van der Waals surface area contributed by atoms with Gasteiger partial charge in [0.25, 0.3) is 0 Å². The van der Waals surface area contributed by atoms with Crippen LogP contribution >= 0.6 is 11.8 Å². The number of hydrogen-bond acceptors (Lipinski definition) is 6. The Morgan fingerprint density at radius 1 is 1.31 bits per heavy atom. The van der Waals surface area contributed by atoms with Gasteiger partial charge in [-0.15, -0.1) is 0 Å². The molecule has 3 aliphatic heterocycles. The van der Waals surface area contributed by atoms with Crippen LogP contribution in [0.25, 0.3) is 11.1 Å². The van der Waals surface area contributed by atoms with E-state index in [1.807, 2.05) is 18.2 Å². The van der Waals surface area contributed by atoms with E-state index in [1.54, 1.807) is 12.1 Å². The molecule has 1 aromatic heterocycles. The molecule has 0 aliphatic carbocycles. The largest absolute Gasteiger partial charge is 0.487 e. The number of thioether (sulfide) groups is 1. The molecule has 1 fully saturated rings. The number of benzene rings is 1. The van der Waals surface area contributed by atoms with Gasteiger partial charge in [0.1, 0.15) is 23.5 Å². The van der Waals surface area contributed by atoms with Crippen molar-refractivity contribution in [3.63, 3.8) is 0 Å². The first kappa shape index (κ1) is 16.1. The van der Waals surface area contributed by atoms with Gasteiger partial charge in [0.05, 0.1) is 0 Å². The number of rotatable bonds is 1. The number of fused-ring (bicyclic) bond motifs is 4. The molecule has 0 bridgehead atoms. The lowest BCUT2D eigenvalue weighted by Crippen LogP contribution is -2.55. The molecule has 3 atom stereocenters. The summed E-state index contributed by atoms with van der Waals surface area (Å²) in [5.41, 5.74) is 7.57. The predicted octanol–water partition coefficient (Wildman–Crippen LogP) is 3.08. The first-order chi connectivity index (χ1) is 12.7. The summed E-state index contributed by atoms with van der Waals surface area (Å²) in [6.07, 6.45) is 3.14. The summed E-state index contributed by atoms with van der Waals surface area (Å²) in [5.74, 6) is 0.993. The molecule has 3 aliphatic rings. The normalized spacial score (nSPS) is 29.7. The van der Waals surface area contributed by atoms with Crippen LogP contribution in [0.1, 0.15) is 18.4 Å². The van der Waals surface area contributed by atoms with Crippen molar-refractivity contribution in [1.82, 2.24) is 4.98 Å². The van der Waals surface area contributed by atoms with Gasteiger partial charge in [-0.3, -0.25) is 0 Å². The number of nitrogens with two attached hydrogens (primary N) is 1. The fourth-order valence-electron chi connectivity index (χ4n) is 4.10. The molecule has 0 amide bonds. The fourth-order valence-corrected chi connectivity index (χ4v) is 5.08. The van der Waals surface area contributed by atoms with Gasteiger partial charge in [-0.2, -0.15) is 4.39 Å². The molecular weight excluding hydrogens is 353 g/mol. The molecule has 1 aromatic carbocycles. The van der Waals surface area contributed by atoms with E-state index in [1.165, 1.54) is 18.0 Å². The number of halogens is 1. The quantitative estimate of drug-likeness (QED) is 0.780. The number of aliphatic imine (C=N–C) groups is 1. The van der Waals surface area contributed by atoms with E-state index in [0.717, 1.165) is 29.7 Å². The summed E-state index contributed by atoms with van der Waals surface area (Å²) in [7, 11) is 0. The van der Waals surface area contributed by atoms with E-state index in [4.69, 9.17) is 20.2 Å². The second-order valence-electron chi connectivity index (χ2n) is 6.81. The maximum Gasteiger partial charge on any atom is 0.220 e. The molecule has 0 radical (unpaired) electrons. The molecule has 26 heavy (non-hydrogen) atoms. The molecule has 2 aromatic rings. The molecule has 134 valence electrons. The van der Waals surface area contributed by atoms with E-state index in [2.05, 4.69) is 4.98 Å². The fraction of sp³-hybridized carbons (Fsp3) is 0.368. The Bertz CT molecular complexity index is 906. The van der Waals surface area contributed by atoms with E-state index in [0.29, 0.717) is 23.1 Å². The van der Waals surface area contributed by atoms with E-state index in [9.17, 15) is 4.39 Å². The minimum Gasteiger partial charge on any atom is -0.487 e. The van der Waals surface area contributed by atoms with Crippen LogP contribution in [0.4, 0.5) is 4.39 Å². The van der Waals surface area contributed by atoms with Crippen LogP contribution in [-0.4, -0.2) is 34.7 Å². The zero-order chi connectivity index (χ0) is 17.7. The van der Waals surface area contributed by atoms with Crippen LogP contribution < -0.4 is 10.5 Å². The summed E-state index contributed by atoms with van der Waals surface area (Å²) >= 11 is 1.53. The lowest BCUT2D eigenvalue weighted by Gasteiger charge is -2.46. The van der Waals surface area contributed by atoms with Crippen LogP contribution in [0.5, 0.6) is 5.75 Å². The monoisotopic (exact) mass is 371 g/mol. The third-order valence-corrected chi connectivity index (χ3v) is 6.25. The van der Waals surface area contributed by atoms with Gasteiger partial charge in [-0.25, -0.2) is 9.98 Å². The van der Waals surface area contributed by atoms with Gasteiger partial charge in [-0.05, 0) is 42.7 Å². The minimum absolute atomic E-state index is 0.0347. The van der Waals surface area contributed by atoms with E-state index in [-0.39, 0.29) is 12.2 Å². The van der Waals surface area contributed by atoms with Gasteiger partial charge in [0.2, 0.25) is 5.95 Å². The highest BCUT2D eigenvalue weighted by atomic mass is 32.2. The minimum atomic E-state index is -0.581. The number of hydrogen-bond donors (Lipinski definition) is 1. The molecule has 5 rings (SSSR count). The Labute approximate surface area is 154 Å². The highest BCUT2D eigenvalue weighted by Crippen LogP contribution is 2.51. The van der Waals surface area contributed by atoms with Gasteiger partial charge >= 0.3 is 0 Å². The number of nitrogens with zero attached hydrogens (tertiary/aromatic N) is 2. The average molecular weight is 371 g/mol. The van der Waals surface area contributed by atoms with Crippen molar-refractivity contribution >= 4 is 16.9 Å². The Balaban J connectivity index is 1.69. The average Bonchev–Trinajstić information content (AvgIpc) is 3.05. The van der Waals surface area contributed by atoms with Crippen molar-refractivity contribution in [2.24, 2.45) is 10.7 Å². The number of ether oxygens (including phenoxy) is 2. The maximum absolute atomic E-state index is 14.2. The molecule has 0 saturated carbocycles. The number of pyridine rings is 1. The lowest BCUT2D eigenvalue weighted by atomic mass is 9.78. The third-order valence-electron chi connectivity index (χ3n) is 5.28. The van der Waals surface area contributed by atoms with Crippen LogP contribution in [0.3, 0.4) is 0 Å². The summed E-state index contributed by atoms with van der Waals surface area (Å²) in [4.78, 5) is 8.57. The van der Waals surface area contributed by atoms with Crippen LogP contribution in [0.2, 0.25) is 0 Å². The van der Waals surface area contributed by atoms with Crippen LogP contribution in [-0.2, 0) is 10.3 Å². The first-order valence-electron chi connectivity index (χ1n) is 8.69. The maximum atomic E-state index is 14.2. The Morgan fingerprint density at radius 2 is 2.23 bits per heavy atom. The zero-order valence-electron chi connectivity index (χ0n) is 14.0. The molecule has 7 heteroatoms. The summed E-state index contributed by atoms with van der Waals surface area (Å²) in [6, 6.07) is 9.17. The van der Waals surface area contributed by atoms with Gasteiger partial charge < -0.3 is 15.2 Å². The smallest absolute Gasteiger partial charge is 0.220 e. The molecular formula is C19H18FN3O2S. The molecule has 1 saturated heterocycles. The predicted molar refractivity (Wildman–Crippen MR) is 98.8 cm³/mol. The van der Waals surface area contributed by atoms with Gasteiger partial charge in [0, 0.05) is 29.7 Å². The van der Waals surface area contributed by atoms with Crippen molar-refractivity contribution in [2.75, 3.05) is 12.4 Å². The number of amidine groups is 1. The van der Waals surface area contributed by atoms with Crippen molar-refractivity contribution in [3.8, 4) is 16.9 Å². The molecule has 2 N–H and O–H groups in total. The lowest BCUT2D eigenvalue weighted by molar-refractivity contribution is -0.108. The molecule has 1 spiro atoms. The first-order valence-corrected chi connectivity index (χ1v) is 9.68. The van der Waals surface area contributed by atoms with Crippen molar-refractivity contribution in [3.05, 3.63) is 48.0 Å². The number of aromatic nitrogens is 1. The second kappa shape index (κ2) is 5.96. The summed E-state index contributed by atoms with van der Waals surface area (Å²) in [6.45, 7) is 0.693. The molecule has 1 unspecified atom stereocenters. The third kappa shape index (κ3) is 2.34. The summed E-state index contributed by atoms with van der Waals surface area (Å²) in [5, 5.41) is 0.559. The highest BCUT2D eigenvalue weighted by molar-refractivity contribution is 8.14. The van der Waals surface area contributed by atoms with Crippen molar-refractivity contribution < 1.29 is 13.9 Å². The van der Waals surface area contributed by atoms with Gasteiger partial charge in [-0.1, -0.05) is 17.8 Å². The second-order valence-corrected chi connectivity index (χ2v) is 7.80. The Morgan fingerprint density at radius 3 is 3.04 bits per heavy atom. The molecule has 5 nitrogen and oxygen atoms in total. The standard InChI is InChI=1S/C19H18FN3O2S/c20-17-12(3-1-7-22-17)11-5-6-14-13(9-11)19(10-26-18(21)23-19)16-15(25-14)4-2-8-24-16/h1,3,5-7,9,15-16H,2,4,8,10H2,(H2,21,23)/t15-,16-,19?/m0/s1. The Hall–Kier alpha value is -2.12. The molecule has 4 heterocycles. The van der Waals surface area contributed by atoms with Crippen molar-refractivity contribution in [2.45, 2.75) is 30.6 Å².